The minimum atomic E-state index is -3.79. The Morgan fingerprint density at radius 2 is 1.80 bits per heavy atom. The Labute approximate surface area is 235 Å². The van der Waals surface area contributed by atoms with Gasteiger partial charge >= 0.3 is 0 Å². The monoisotopic (exact) mass is 572 g/mol. The Morgan fingerprint density at radius 3 is 2.45 bits per heavy atom. The van der Waals surface area contributed by atoms with E-state index in [4.69, 9.17) is 14.8 Å². The minimum Gasteiger partial charge on any atom is -0.493 e. The highest BCUT2D eigenvalue weighted by Gasteiger charge is 2.30. The van der Waals surface area contributed by atoms with E-state index in [2.05, 4.69) is 4.98 Å². The van der Waals surface area contributed by atoms with Gasteiger partial charge in [-0.15, -0.1) is 5.10 Å². The van der Waals surface area contributed by atoms with Crippen molar-refractivity contribution in [3.05, 3.63) is 40.1 Å². The molecule has 2 fully saturated rings. The number of ether oxygens (including phenoxy) is 1. The molecule has 0 amide bonds. The van der Waals surface area contributed by atoms with E-state index in [0.717, 1.165) is 37.2 Å². The Hall–Kier alpha value is -2.80. The van der Waals surface area contributed by atoms with E-state index in [0.29, 0.717) is 62.6 Å². The molecule has 3 heterocycles. The average molecular weight is 573 g/mol. The highest BCUT2D eigenvalue weighted by Crippen LogP contribution is 2.34. The first-order valence-corrected chi connectivity index (χ1v) is 15.9. The van der Waals surface area contributed by atoms with Gasteiger partial charge in [0.2, 0.25) is 10.0 Å². The molecule has 1 saturated carbocycles. The number of piperazine rings is 1. The molecule has 2 aromatic heterocycles. The first-order chi connectivity index (χ1) is 19.4. The van der Waals surface area contributed by atoms with Crippen LogP contribution in [0.1, 0.15) is 69.8 Å². The maximum atomic E-state index is 13.6. The van der Waals surface area contributed by atoms with Crippen molar-refractivity contribution in [1.82, 2.24) is 28.8 Å². The number of hydrogen-bond acceptors (Lipinski definition) is 8. The lowest BCUT2D eigenvalue weighted by Gasteiger charge is -2.33. The molecule has 1 aliphatic heterocycles. The number of β-amino-alcohol motifs (C(OH)–C–C–N with tert-alkyl or cyclic N) is 1. The molecule has 40 heavy (non-hydrogen) atoms. The molecule has 1 saturated heterocycles. The minimum absolute atomic E-state index is 0.0453. The van der Waals surface area contributed by atoms with Crippen molar-refractivity contribution in [3.8, 4) is 17.1 Å². The lowest BCUT2D eigenvalue weighted by Crippen LogP contribution is -2.49. The number of aliphatic hydroxyl groups excluding tert-OH is 1. The van der Waals surface area contributed by atoms with Gasteiger partial charge in [0.25, 0.3) is 5.56 Å². The fraction of sp³-hybridized carbons (Fsp3) is 0.607. The van der Waals surface area contributed by atoms with Gasteiger partial charge in [0.05, 0.1) is 29.4 Å². The first kappa shape index (κ1) is 28.7. The topological polar surface area (TPSA) is 133 Å². The molecule has 0 radical (unpaired) electrons. The number of aromatic amines is 1. The zero-order valence-corrected chi connectivity index (χ0v) is 24.2. The van der Waals surface area contributed by atoms with Crippen molar-refractivity contribution in [2.24, 2.45) is 0 Å². The highest BCUT2D eigenvalue weighted by atomic mass is 32.2. The second-order valence-electron chi connectivity index (χ2n) is 10.6. The number of sulfonamides is 1. The third-order valence-electron chi connectivity index (χ3n) is 8.05. The summed E-state index contributed by atoms with van der Waals surface area (Å²) in [6, 6.07) is 4.73. The molecule has 1 aromatic carbocycles. The van der Waals surface area contributed by atoms with E-state index >= 15 is 0 Å². The van der Waals surface area contributed by atoms with Crippen molar-refractivity contribution in [2.45, 2.75) is 69.6 Å². The summed E-state index contributed by atoms with van der Waals surface area (Å²) in [6.07, 6.45) is 7.29. The summed E-state index contributed by atoms with van der Waals surface area (Å²) in [7, 11) is -3.79. The van der Waals surface area contributed by atoms with Crippen LogP contribution in [0.15, 0.2) is 27.9 Å². The maximum absolute atomic E-state index is 13.6. The average Bonchev–Trinajstić information content (AvgIpc) is 3.12. The van der Waals surface area contributed by atoms with Crippen LogP contribution in [0.3, 0.4) is 0 Å². The van der Waals surface area contributed by atoms with Gasteiger partial charge in [-0.1, -0.05) is 32.6 Å². The number of nitrogens with zero attached hydrogens (tertiary/aromatic N) is 5. The van der Waals surface area contributed by atoms with Crippen LogP contribution in [0.25, 0.3) is 16.9 Å². The SMILES string of the molecule is CCOc1ccc(S(=O)(=O)N2CCN(CCO)CC2)cc1-c1nn2c(C3CCCCCC3)nc(CC)c2c(=O)[nH]1. The van der Waals surface area contributed by atoms with Gasteiger partial charge in [0, 0.05) is 38.6 Å². The number of benzene rings is 1. The fourth-order valence-electron chi connectivity index (χ4n) is 5.89. The molecule has 2 aliphatic rings. The molecule has 0 bridgehead atoms. The smallest absolute Gasteiger partial charge is 0.277 e. The Kier molecular flexibility index (Phi) is 8.89. The van der Waals surface area contributed by atoms with Crippen molar-refractivity contribution in [3.63, 3.8) is 0 Å². The molecule has 0 spiro atoms. The van der Waals surface area contributed by atoms with Crippen LogP contribution >= 0.6 is 0 Å². The van der Waals surface area contributed by atoms with Crippen LogP contribution in [0.4, 0.5) is 0 Å². The van der Waals surface area contributed by atoms with Crippen LogP contribution in [-0.4, -0.2) is 88.2 Å². The number of H-pyrrole nitrogens is 1. The number of nitrogens with one attached hydrogen (secondary N) is 1. The van der Waals surface area contributed by atoms with Gasteiger partial charge in [-0.2, -0.15) is 4.31 Å². The molecule has 0 unspecified atom stereocenters. The van der Waals surface area contributed by atoms with Crippen LogP contribution in [0, 0.1) is 0 Å². The summed E-state index contributed by atoms with van der Waals surface area (Å²) in [6.45, 7) is 6.57. The summed E-state index contributed by atoms with van der Waals surface area (Å²) < 4.78 is 36.3. The van der Waals surface area contributed by atoms with Gasteiger partial charge in [0.1, 0.15) is 11.6 Å². The van der Waals surface area contributed by atoms with Gasteiger partial charge in [0.15, 0.2) is 11.3 Å². The predicted molar refractivity (Wildman–Crippen MR) is 152 cm³/mol. The van der Waals surface area contributed by atoms with E-state index in [-0.39, 0.29) is 28.8 Å². The fourth-order valence-corrected chi connectivity index (χ4v) is 7.33. The van der Waals surface area contributed by atoms with Crippen molar-refractivity contribution < 1.29 is 18.3 Å². The molecule has 2 N–H and O–H groups in total. The largest absolute Gasteiger partial charge is 0.493 e. The van der Waals surface area contributed by atoms with Gasteiger partial charge in [-0.3, -0.25) is 9.69 Å². The number of aryl methyl sites for hydroxylation is 1. The third kappa shape index (κ3) is 5.67. The third-order valence-corrected chi connectivity index (χ3v) is 9.94. The molecule has 0 atom stereocenters. The van der Waals surface area contributed by atoms with Gasteiger partial charge < -0.3 is 14.8 Å². The van der Waals surface area contributed by atoms with Crippen LogP contribution in [0.5, 0.6) is 5.75 Å². The normalized spacial score (nSPS) is 18.3. The Morgan fingerprint density at radius 1 is 1.07 bits per heavy atom. The van der Waals surface area contributed by atoms with Gasteiger partial charge in [-0.05, 0) is 44.4 Å². The van der Waals surface area contributed by atoms with E-state index in [1.165, 1.54) is 17.1 Å². The number of aliphatic hydroxyl groups is 1. The Bertz CT molecular complexity index is 1480. The van der Waals surface area contributed by atoms with Crippen molar-refractivity contribution in [1.29, 1.82) is 0 Å². The summed E-state index contributed by atoms with van der Waals surface area (Å²) in [4.78, 5) is 23.4. The number of fused-ring (bicyclic) bond motifs is 1. The summed E-state index contributed by atoms with van der Waals surface area (Å²) in [5.41, 5.74) is 1.29. The van der Waals surface area contributed by atoms with Crippen LogP contribution in [-0.2, 0) is 16.4 Å². The second kappa shape index (κ2) is 12.4. The van der Waals surface area contributed by atoms with Crippen molar-refractivity contribution >= 4 is 15.5 Å². The quantitative estimate of drug-likeness (QED) is 0.374. The number of rotatable bonds is 9. The summed E-state index contributed by atoms with van der Waals surface area (Å²) in [5.74, 6) is 1.73. The maximum Gasteiger partial charge on any atom is 0.277 e. The van der Waals surface area contributed by atoms with E-state index in [1.54, 1.807) is 22.7 Å². The zero-order chi connectivity index (χ0) is 28.3. The van der Waals surface area contributed by atoms with E-state index < -0.39 is 10.0 Å². The summed E-state index contributed by atoms with van der Waals surface area (Å²) >= 11 is 0. The Balaban J connectivity index is 1.58. The molecular formula is C28H40N6O5S. The number of imidazole rings is 1. The molecule has 1 aliphatic carbocycles. The lowest BCUT2D eigenvalue weighted by molar-refractivity contribution is 0.151. The van der Waals surface area contributed by atoms with Gasteiger partial charge in [-0.25, -0.2) is 17.9 Å². The predicted octanol–water partition coefficient (Wildman–Crippen LogP) is 2.78. The molecule has 5 rings (SSSR count). The summed E-state index contributed by atoms with van der Waals surface area (Å²) in [5, 5.41) is 14.1. The van der Waals surface area contributed by atoms with Crippen LogP contribution < -0.4 is 10.3 Å². The lowest BCUT2D eigenvalue weighted by atomic mass is 10.00. The van der Waals surface area contributed by atoms with E-state index in [9.17, 15) is 18.3 Å². The zero-order valence-electron chi connectivity index (χ0n) is 23.4. The molecule has 218 valence electrons. The first-order valence-electron chi connectivity index (χ1n) is 14.5. The molecule has 11 nitrogen and oxygen atoms in total. The molecule has 12 heteroatoms. The molecule has 3 aromatic rings. The number of hydrogen-bond donors (Lipinski definition) is 2. The van der Waals surface area contributed by atoms with Crippen molar-refractivity contribution in [2.75, 3.05) is 45.9 Å². The highest BCUT2D eigenvalue weighted by molar-refractivity contribution is 7.89. The van der Waals surface area contributed by atoms with Crippen LogP contribution in [0.2, 0.25) is 0 Å². The second-order valence-corrected chi connectivity index (χ2v) is 12.5. The molecular weight excluding hydrogens is 532 g/mol. The standard InChI is InChI=1S/C28H40N6O5S/c1-3-23-25-28(36)30-26(31-34(25)27(29-23)20-9-7-5-6-8-10-20)22-19-21(11-12-24(22)39-4-2)40(37,38)33-15-13-32(14-16-33)17-18-35/h11-12,19-20,35H,3-10,13-18H2,1-2H3,(H,30,31,36). The van der Waals surface area contributed by atoms with E-state index in [1.807, 2.05) is 18.7 Å². The number of aromatic nitrogens is 4.